The minimum absolute atomic E-state index is 0.164. The van der Waals surface area contributed by atoms with Crippen molar-refractivity contribution < 1.29 is 14.6 Å². The van der Waals surface area contributed by atoms with E-state index in [4.69, 9.17) is 4.74 Å². The van der Waals surface area contributed by atoms with Gasteiger partial charge in [-0.25, -0.2) is 0 Å². The summed E-state index contributed by atoms with van der Waals surface area (Å²) in [6.45, 7) is 1.90. The van der Waals surface area contributed by atoms with Crippen molar-refractivity contribution in [1.82, 2.24) is 5.32 Å². The Morgan fingerprint density at radius 2 is 1.89 bits per heavy atom. The second-order valence-electron chi connectivity index (χ2n) is 6.00. The van der Waals surface area contributed by atoms with E-state index in [1.807, 2.05) is 0 Å². The van der Waals surface area contributed by atoms with Crippen LogP contribution in [0.4, 0.5) is 0 Å². The molecule has 110 valence electrons. The van der Waals surface area contributed by atoms with E-state index in [1.165, 1.54) is 12.8 Å². The van der Waals surface area contributed by atoms with Gasteiger partial charge >= 0.3 is 0 Å². The highest BCUT2D eigenvalue weighted by Crippen LogP contribution is 2.24. The van der Waals surface area contributed by atoms with Gasteiger partial charge in [0.05, 0.1) is 0 Å². The van der Waals surface area contributed by atoms with E-state index in [2.05, 4.69) is 5.32 Å². The Hall–Kier alpha value is -0.610. The molecule has 1 aliphatic carbocycles. The first-order chi connectivity index (χ1) is 9.29. The average molecular weight is 269 g/mol. The number of carbonyl (C=O) groups is 1. The van der Waals surface area contributed by atoms with Crippen LogP contribution in [-0.4, -0.2) is 36.9 Å². The molecule has 1 saturated carbocycles. The highest BCUT2D eigenvalue weighted by atomic mass is 16.5. The van der Waals surface area contributed by atoms with E-state index in [9.17, 15) is 9.90 Å². The van der Waals surface area contributed by atoms with E-state index < -0.39 is 0 Å². The van der Waals surface area contributed by atoms with Crippen molar-refractivity contribution in [1.29, 1.82) is 0 Å². The van der Waals surface area contributed by atoms with Crippen molar-refractivity contribution in [3.63, 3.8) is 0 Å². The van der Waals surface area contributed by atoms with Crippen LogP contribution >= 0.6 is 0 Å². The Bertz CT molecular complexity index is 277. The number of aliphatic hydroxyl groups is 1. The number of nitrogens with one attached hydrogen (secondary N) is 1. The van der Waals surface area contributed by atoms with Crippen molar-refractivity contribution in [3.05, 3.63) is 0 Å². The van der Waals surface area contributed by atoms with Crippen molar-refractivity contribution in [2.75, 3.05) is 19.8 Å². The number of rotatable bonds is 5. The molecule has 4 heteroatoms. The third-order valence-corrected chi connectivity index (χ3v) is 4.61. The molecule has 0 aromatic rings. The molecule has 2 N–H and O–H groups in total. The Kier molecular flexibility index (Phi) is 6.11. The Morgan fingerprint density at radius 1 is 1.16 bits per heavy atom. The molecule has 19 heavy (non-hydrogen) atoms. The summed E-state index contributed by atoms with van der Waals surface area (Å²) in [5, 5.41) is 12.5. The molecule has 2 aliphatic rings. The maximum absolute atomic E-state index is 12.0. The molecule has 2 atom stereocenters. The molecule has 1 saturated heterocycles. The number of aliphatic hydroxyl groups excluding tert-OH is 1. The van der Waals surface area contributed by atoms with E-state index in [0.717, 1.165) is 45.3 Å². The predicted octanol–water partition coefficient (Wildman–Crippen LogP) is 1.86. The molecule has 1 amide bonds. The number of amides is 1. The Morgan fingerprint density at radius 3 is 2.63 bits per heavy atom. The van der Waals surface area contributed by atoms with Crippen LogP contribution in [0.25, 0.3) is 0 Å². The summed E-state index contributed by atoms with van der Waals surface area (Å²) in [6, 6.07) is 0.195. The maximum Gasteiger partial charge on any atom is 0.220 e. The Balaban J connectivity index is 1.67. The van der Waals surface area contributed by atoms with E-state index in [-0.39, 0.29) is 24.5 Å². The van der Waals surface area contributed by atoms with E-state index in [0.29, 0.717) is 12.3 Å². The average Bonchev–Trinajstić information content (AvgIpc) is 2.47. The molecule has 2 fully saturated rings. The maximum atomic E-state index is 12.0. The lowest BCUT2D eigenvalue weighted by Gasteiger charge is -2.31. The fourth-order valence-corrected chi connectivity index (χ4v) is 3.27. The minimum Gasteiger partial charge on any atom is -0.396 e. The van der Waals surface area contributed by atoms with Crippen LogP contribution in [0.1, 0.15) is 51.4 Å². The molecule has 0 aromatic heterocycles. The van der Waals surface area contributed by atoms with Crippen molar-refractivity contribution in [3.8, 4) is 0 Å². The van der Waals surface area contributed by atoms with Gasteiger partial charge in [0.25, 0.3) is 0 Å². The minimum atomic E-state index is 0.164. The lowest BCUT2D eigenvalue weighted by molar-refractivity contribution is -0.123. The normalized spacial score (nSPS) is 29.1. The zero-order valence-corrected chi connectivity index (χ0v) is 11.8. The third kappa shape index (κ3) is 4.77. The second kappa shape index (κ2) is 7.85. The lowest BCUT2D eigenvalue weighted by Crippen LogP contribution is -2.43. The first-order valence-corrected chi connectivity index (χ1v) is 7.77. The molecule has 0 radical (unpaired) electrons. The van der Waals surface area contributed by atoms with Crippen LogP contribution in [0, 0.1) is 11.8 Å². The second-order valence-corrected chi connectivity index (χ2v) is 6.00. The molecule has 4 nitrogen and oxygen atoms in total. The molecule has 0 aromatic carbocycles. The van der Waals surface area contributed by atoms with Gasteiger partial charge in [0.2, 0.25) is 5.91 Å². The summed E-state index contributed by atoms with van der Waals surface area (Å²) in [6.07, 6.45) is 8.20. The number of hydrogen-bond donors (Lipinski definition) is 2. The topological polar surface area (TPSA) is 58.6 Å². The molecular formula is C15H27NO3. The van der Waals surface area contributed by atoms with Crippen LogP contribution in [0.2, 0.25) is 0 Å². The summed E-state index contributed by atoms with van der Waals surface area (Å²) in [4.78, 5) is 12.0. The van der Waals surface area contributed by atoms with Gasteiger partial charge in [0.15, 0.2) is 0 Å². The van der Waals surface area contributed by atoms with Crippen LogP contribution in [0.3, 0.4) is 0 Å². The zero-order chi connectivity index (χ0) is 13.5. The molecular weight excluding hydrogens is 242 g/mol. The quantitative estimate of drug-likeness (QED) is 0.801. The van der Waals surface area contributed by atoms with Crippen molar-refractivity contribution in [2.45, 2.75) is 57.4 Å². The zero-order valence-electron chi connectivity index (χ0n) is 11.8. The van der Waals surface area contributed by atoms with Crippen LogP contribution < -0.4 is 5.32 Å². The van der Waals surface area contributed by atoms with Gasteiger partial charge in [-0.3, -0.25) is 4.79 Å². The van der Waals surface area contributed by atoms with Gasteiger partial charge in [-0.2, -0.15) is 0 Å². The van der Waals surface area contributed by atoms with Gasteiger partial charge in [-0.05, 0) is 38.0 Å². The van der Waals surface area contributed by atoms with Crippen molar-refractivity contribution >= 4 is 5.91 Å². The summed E-state index contributed by atoms with van der Waals surface area (Å²) < 4.78 is 5.33. The van der Waals surface area contributed by atoms with Gasteiger partial charge < -0.3 is 15.2 Å². The predicted molar refractivity (Wildman–Crippen MR) is 73.8 cm³/mol. The smallest absolute Gasteiger partial charge is 0.220 e. The SMILES string of the molecule is O=C(CCC1CCOCC1)NC1CCCCC1CO. The lowest BCUT2D eigenvalue weighted by atomic mass is 9.85. The summed E-state index contributed by atoms with van der Waals surface area (Å²) >= 11 is 0. The number of ether oxygens (including phenoxy) is 1. The first kappa shape index (κ1) is 14.8. The number of carbonyl (C=O) groups excluding carboxylic acids is 1. The molecule has 2 unspecified atom stereocenters. The van der Waals surface area contributed by atoms with Gasteiger partial charge in [-0.15, -0.1) is 0 Å². The van der Waals surface area contributed by atoms with Crippen LogP contribution in [-0.2, 0) is 9.53 Å². The molecule has 2 rings (SSSR count). The monoisotopic (exact) mass is 269 g/mol. The summed E-state index contributed by atoms with van der Waals surface area (Å²) in [7, 11) is 0. The van der Waals surface area contributed by atoms with Crippen molar-refractivity contribution in [2.24, 2.45) is 11.8 Å². The molecule has 1 aliphatic heterocycles. The largest absolute Gasteiger partial charge is 0.396 e. The summed E-state index contributed by atoms with van der Waals surface area (Å²) in [5.41, 5.74) is 0. The van der Waals surface area contributed by atoms with Crippen LogP contribution in [0.5, 0.6) is 0 Å². The fourth-order valence-electron chi connectivity index (χ4n) is 3.27. The Labute approximate surface area is 115 Å². The van der Waals surface area contributed by atoms with E-state index >= 15 is 0 Å². The highest BCUT2D eigenvalue weighted by molar-refractivity contribution is 5.76. The van der Waals surface area contributed by atoms with E-state index in [1.54, 1.807) is 0 Å². The van der Waals surface area contributed by atoms with Gasteiger partial charge in [0, 0.05) is 38.2 Å². The standard InChI is InChI=1S/C15H27NO3/c17-11-13-3-1-2-4-14(13)16-15(18)6-5-12-7-9-19-10-8-12/h12-14,17H,1-11H2,(H,16,18). The fraction of sp³-hybridized carbons (Fsp3) is 0.933. The van der Waals surface area contributed by atoms with Crippen LogP contribution in [0.15, 0.2) is 0 Å². The molecule has 0 spiro atoms. The highest BCUT2D eigenvalue weighted by Gasteiger charge is 2.26. The molecule has 0 bridgehead atoms. The first-order valence-electron chi connectivity index (χ1n) is 7.77. The third-order valence-electron chi connectivity index (χ3n) is 4.61. The molecule has 1 heterocycles. The number of hydrogen-bond acceptors (Lipinski definition) is 3. The van der Waals surface area contributed by atoms with Gasteiger partial charge in [0.1, 0.15) is 0 Å². The van der Waals surface area contributed by atoms with Gasteiger partial charge in [-0.1, -0.05) is 12.8 Å². The summed E-state index contributed by atoms with van der Waals surface area (Å²) in [5.74, 6) is 1.08.